The molecular formula is C10H9BrF3NO4. The lowest BCUT2D eigenvalue weighted by Crippen LogP contribution is -2.19. The first kappa shape index (κ1) is 15.5. The van der Waals surface area contributed by atoms with Gasteiger partial charge in [-0.2, -0.15) is 0 Å². The Balaban J connectivity index is 3.22. The predicted molar refractivity (Wildman–Crippen MR) is 61.2 cm³/mol. The summed E-state index contributed by atoms with van der Waals surface area (Å²) >= 11 is 2.97. The minimum atomic E-state index is -4.94. The molecule has 1 rings (SSSR count). The molecule has 0 amide bonds. The Morgan fingerprint density at radius 1 is 1.53 bits per heavy atom. The Labute approximate surface area is 114 Å². The fourth-order valence-electron chi connectivity index (χ4n) is 1.18. The molecule has 0 aromatic carbocycles. The van der Waals surface area contributed by atoms with Crippen molar-refractivity contribution in [2.75, 3.05) is 6.61 Å². The van der Waals surface area contributed by atoms with Crippen LogP contribution in [0.3, 0.4) is 0 Å². The summed E-state index contributed by atoms with van der Waals surface area (Å²) < 4.78 is 44.5. The van der Waals surface area contributed by atoms with Crippen molar-refractivity contribution in [2.24, 2.45) is 0 Å². The molecule has 1 N–H and O–H groups in total. The number of rotatable bonds is 4. The Hall–Kier alpha value is -1.51. The Morgan fingerprint density at radius 2 is 2.16 bits per heavy atom. The number of ether oxygens (including phenoxy) is 2. The van der Waals surface area contributed by atoms with Crippen LogP contribution in [0, 0.1) is 0 Å². The zero-order valence-corrected chi connectivity index (χ0v) is 11.2. The quantitative estimate of drug-likeness (QED) is 0.672. The molecule has 1 aromatic heterocycles. The molecule has 0 spiro atoms. The number of hydrogen-bond donors (Lipinski definition) is 1. The molecule has 106 valence electrons. The Bertz CT molecular complexity index is 479. The molecule has 1 heterocycles. The van der Waals surface area contributed by atoms with E-state index in [9.17, 15) is 23.1 Å². The highest BCUT2D eigenvalue weighted by atomic mass is 79.9. The van der Waals surface area contributed by atoms with E-state index < -0.39 is 29.7 Å². The number of esters is 1. The van der Waals surface area contributed by atoms with Crippen LogP contribution in [0.2, 0.25) is 0 Å². The van der Waals surface area contributed by atoms with Crippen LogP contribution in [0.5, 0.6) is 11.6 Å². The smallest absolute Gasteiger partial charge is 0.505 e. The SMILES string of the molecule is CCOC(=O)c1nc(OC(F)(F)F)cc(CBr)c1O. The second-order valence-electron chi connectivity index (χ2n) is 3.22. The van der Waals surface area contributed by atoms with Gasteiger partial charge in [0.2, 0.25) is 5.88 Å². The second kappa shape index (κ2) is 6.09. The molecule has 0 fully saturated rings. The number of alkyl halides is 4. The third kappa shape index (κ3) is 4.27. The van der Waals surface area contributed by atoms with E-state index in [0.717, 1.165) is 6.07 Å². The fourth-order valence-corrected chi connectivity index (χ4v) is 1.61. The Morgan fingerprint density at radius 3 is 2.63 bits per heavy atom. The predicted octanol–water partition coefficient (Wildman–Crippen LogP) is 2.76. The summed E-state index contributed by atoms with van der Waals surface area (Å²) in [5, 5.41) is 9.69. The highest BCUT2D eigenvalue weighted by Gasteiger charge is 2.33. The minimum absolute atomic E-state index is 0.00600. The van der Waals surface area contributed by atoms with Gasteiger partial charge in [-0.3, -0.25) is 0 Å². The van der Waals surface area contributed by atoms with Gasteiger partial charge in [-0.1, -0.05) is 15.9 Å². The molecule has 0 bridgehead atoms. The lowest BCUT2D eigenvalue weighted by molar-refractivity contribution is -0.276. The first-order chi connectivity index (χ1) is 8.78. The number of carbonyl (C=O) groups is 1. The van der Waals surface area contributed by atoms with Crippen LogP contribution >= 0.6 is 15.9 Å². The first-order valence-corrected chi connectivity index (χ1v) is 6.12. The lowest BCUT2D eigenvalue weighted by atomic mass is 10.2. The average Bonchev–Trinajstić information content (AvgIpc) is 2.29. The maximum absolute atomic E-state index is 12.1. The van der Waals surface area contributed by atoms with Crippen LogP contribution < -0.4 is 4.74 Å². The van der Waals surface area contributed by atoms with Crippen molar-refractivity contribution in [3.8, 4) is 11.6 Å². The van der Waals surface area contributed by atoms with Gasteiger partial charge in [0.1, 0.15) is 0 Å². The summed E-state index contributed by atoms with van der Waals surface area (Å²) in [6.45, 7) is 1.50. The van der Waals surface area contributed by atoms with Gasteiger partial charge >= 0.3 is 12.3 Å². The van der Waals surface area contributed by atoms with E-state index in [1.54, 1.807) is 0 Å². The van der Waals surface area contributed by atoms with Crippen molar-refractivity contribution in [3.63, 3.8) is 0 Å². The maximum Gasteiger partial charge on any atom is 0.574 e. The topological polar surface area (TPSA) is 68.7 Å². The largest absolute Gasteiger partial charge is 0.574 e. The first-order valence-electron chi connectivity index (χ1n) is 5.00. The third-order valence-corrected chi connectivity index (χ3v) is 2.49. The van der Waals surface area contributed by atoms with E-state index in [0.29, 0.717) is 0 Å². The van der Waals surface area contributed by atoms with E-state index in [1.807, 2.05) is 0 Å². The van der Waals surface area contributed by atoms with Crippen LogP contribution in [0.15, 0.2) is 6.07 Å². The van der Waals surface area contributed by atoms with Crippen LogP contribution in [0.25, 0.3) is 0 Å². The summed E-state index contributed by atoms with van der Waals surface area (Å²) in [6.07, 6.45) is -4.94. The summed E-state index contributed by atoms with van der Waals surface area (Å²) in [5.41, 5.74) is -0.602. The van der Waals surface area contributed by atoms with E-state index in [4.69, 9.17) is 0 Å². The third-order valence-electron chi connectivity index (χ3n) is 1.88. The molecule has 1 aromatic rings. The summed E-state index contributed by atoms with van der Waals surface area (Å²) in [6, 6.07) is 0.875. The van der Waals surface area contributed by atoms with Crippen molar-refractivity contribution >= 4 is 21.9 Å². The molecule has 0 radical (unpaired) electrons. The van der Waals surface area contributed by atoms with E-state index >= 15 is 0 Å². The number of nitrogens with zero attached hydrogens (tertiary/aromatic N) is 1. The van der Waals surface area contributed by atoms with E-state index in [-0.39, 0.29) is 17.5 Å². The normalized spacial score (nSPS) is 11.2. The summed E-state index contributed by atoms with van der Waals surface area (Å²) in [5.74, 6) is -2.43. The molecule has 0 atom stereocenters. The molecule has 0 unspecified atom stereocenters. The van der Waals surface area contributed by atoms with Gasteiger partial charge in [0, 0.05) is 17.0 Å². The van der Waals surface area contributed by atoms with Crippen LogP contribution in [-0.4, -0.2) is 29.0 Å². The monoisotopic (exact) mass is 343 g/mol. The van der Waals surface area contributed by atoms with Crippen molar-refractivity contribution < 1.29 is 32.5 Å². The zero-order valence-electron chi connectivity index (χ0n) is 9.62. The van der Waals surface area contributed by atoms with Gasteiger partial charge in [-0.05, 0) is 6.92 Å². The lowest BCUT2D eigenvalue weighted by Gasteiger charge is -2.12. The molecule has 9 heteroatoms. The summed E-state index contributed by atoms with van der Waals surface area (Å²) in [7, 11) is 0. The number of pyridine rings is 1. The standard InChI is InChI=1S/C10H9BrF3NO4/c1-2-18-9(17)7-8(16)5(4-11)3-6(15-7)19-10(12,13)14/h3,16H,2,4H2,1H3. The van der Waals surface area contributed by atoms with Crippen LogP contribution in [-0.2, 0) is 10.1 Å². The number of halogens is 4. The fraction of sp³-hybridized carbons (Fsp3) is 0.400. The van der Waals surface area contributed by atoms with Gasteiger partial charge in [0.05, 0.1) is 6.61 Å². The van der Waals surface area contributed by atoms with Gasteiger partial charge in [-0.25, -0.2) is 9.78 Å². The number of carbonyl (C=O) groups excluding carboxylic acids is 1. The molecule has 0 aliphatic carbocycles. The second-order valence-corrected chi connectivity index (χ2v) is 3.78. The minimum Gasteiger partial charge on any atom is -0.505 e. The van der Waals surface area contributed by atoms with E-state index in [1.165, 1.54) is 6.92 Å². The summed E-state index contributed by atoms with van der Waals surface area (Å²) in [4.78, 5) is 14.8. The van der Waals surface area contributed by atoms with Gasteiger partial charge in [-0.15, -0.1) is 13.2 Å². The molecular weight excluding hydrogens is 335 g/mol. The van der Waals surface area contributed by atoms with Crippen LogP contribution in [0.1, 0.15) is 23.0 Å². The van der Waals surface area contributed by atoms with Crippen LogP contribution in [0.4, 0.5) is 13.2 Å². The molecule has 19 heavy (non-hydrogen) atoms. The maximum atomic E-state index is 12.1. The molecule has 0 aliphatic rings. The van der Waals surface area contributed by atoms with Gasteiger partial charge < -0.3 is 14.6 Å². The van der Waals surface area contributed by atoms with E-state index in [2.05, 4.69) is 30.4 Å². The van der Waals surface area contributed by atoms with Gasteiger partial charge in [0.15, 0.2) is 11.4 Å². The van der Waals surface area contributed by atoms with Crippen molar-refractivity contribution in [3.05, 3.63) is 17.3 Å². The van der Waals surface area contributed by atoms with Crippen molar-refractivity contribution in [1.29, 1.82) is 0 Å². The van der Waals surface area contributed by atoms with Crippen molar-refractivity contribution in [1.82, 2.24) is 4.98 Å². The molecule has 0 saturated heterocycles. The Kier molecular flexibility index (Phi) is 4.98. The van der Waals surface area contributed by atoms with Crippen molar-refractivity contribution in [2.45, 2.75) is 18.6 Å². The average molecular weight is 344 g/mol. The van der Waals surface area contributed by atoms with Gasteiger partial charge in [0.25, 0.3) is 0 Å². The highest BCUT2D eigenvalue weighted by molar-refractivity contribution is 9.08. The molecule has 5 nitrogen and oxygen atoms in total. The molecule has 0 aliphatic heterocycles. The highest BCUT2D eigenvalue weighted by Crippen LogP contribution is 2.30. The molecule has 0 saturated carbocycles. The number of aromatic hydroxyl groups is 1. The number of hydrogen-bond acceptors (Lipinski definition) is 5. The number of aromatic nitrogens is 1. The zero-order chi connectivity index (χ0) is 14.6.